The van der Waals surface area contributed by atoms with Gasteiger partial charge in [-0.3, -0.25) is 0 Å². The highest BCUT2D eigenvalue weighted by Gasteiger charge is 2.35. The molecule has 0 saturated heterocycles. The Morgan fingerprint density at radius 2 is 1.90 bits per heavy atom. The zero-order valence-corrected chi connectivity index (χ0v) is 18.2. The normalized spacial score (nSPS) is 12.4. The van der Waals surface area contributed by atoms with E-state index in [-0.39, 0.29) is 39.1 Å². The van der Waals surface area contributed by atoms with Crippen LogP contribution in [0.3, 0.4) is 0 Å². The Hall–Kier alpha value is -2.95. The molecule has 1 aromatic carbocycles. The van der Waals surface area contributed by atoms with Crippen LogP contribution in [0.15, 0.2) is 35.4 Å². The maximum Gasteiger partial charge on any atom is 0.418 e. The molecule has 0 bridgehead atoms. The van der Waals surface area contributed by atoms with Crippen molar-refractivity contribution < 1.29 is 26.3 Å². The van der Waals surface area contributed by atoms with E-state index in [0.717, 1.165) is 12.5 Å². The van der Waals surface area contributed by atoms with Crippen LogP contribution in [-0.2, 0) is 16.0 Å². The molecule has 3 N–H and O–H groups in total. The molecule has 0 aliphatic rings. The molecule has 31 heavy (non-hydrogen) atoms. The predicted molar refractivity (Wildman–Crippen MR) is 114 cm³/mol. The third-order valence-corrected chi connectivity index (χ3v) is 5.62. The van der Waals surface area contributed by atoms with E-state index in [1.54, 1.807) is 0 Å². The van der Waals surface area contributed by atoms with Crippen LogP contribution < -0.4 is 15.4 Å². The second-order valence-electron chi connectivity index (χ2n) is 7.51. The average Bonchev–Trinajstić information content (AvgIpc) is 3.10. The molecule has 3 aromatic rings. The van der Waals surface area contributed by atoms with Crippen molar-refractivity contribution in [1.29, 1.82) is 0 Å². The maximum absolute atomic E-state index is 13.5. The number of nitrogens with zero attached hydrogens (tertiary/aromatic N) is 1. The zero-order chi connectivity index (χ0) is 23.0. The number of alkyl halides is 3. The fourth-order valence-electron chi connectivity index (χ4n) is 3.02. The summed E-state index contributed by atoms with van der Waals surface area (Å²) < 4.78 is 69.2. The second-order valence-corrected chi connectivity index (χ2v) is 9.53. The summed E-state index contributed by atoms with van der Waals surface area (Å²) in [6.07, 6.45) is -2.56. The smallest absolute Gasteiger partial charge is 0.418 e. The van der Waals surface area contributed by atoms with E-state index in [4.69, 9.17) is 4.74 Å². The number of pyridine rings is 1. The van der Waals surface area contributed by atoms with Crippen molar-refractivity contribution in [1.82, 2.24) is 9.97 Å². The number of ether oxygens (including phenoxy) is 1. The standard InChI is InChI=1S/C20H23F3N4O3S/c1-11(2)9-24-15-8-17(27-19-18(15)13(10-25-19)20(21,22)23)26-14-6-5-12(31(4,28)29)7-16(14)30-3/h5-8,10-11H,9H2,1-4H3,(H3,24,25,26,27). The second kappa shape index (κ2) is 8.29. The van der Waals surface area contributed by atoms with Gasteiger partial charge in [0, 0.05) is 36.8 Å². The minimum absolute atomic E-state index is 0.0434. The van der Waals surface area contributed by atoms with Crippen molar-refractivity contribution in [3.63, 3.8) is 0 Å². The van der Waals surface area contributed by atoms with Crippen molar-refractivity contribution in [2.45, 2.75) is 24.9 Å². The maximum atomic E-state index is 13.5. The number of aromatic nitrogens is 2. The largest absolute Gasteiger partial charge is 0.495 e. The number of fused-ring (bicyclic) bond motifs is 1. The van der Waals surface area contributed by atoms with Crippen molar-refractivity contribution in [3.8, 4) is 5.75 Å². The summed E-state index contributed by atoms with van der Waals surface area (Å²) >= 11 is 0. The molecule has 3 rings (SSSR count). The van der Waals surface area contributed by atoms with Crippen LogP contribution in [-0.4, -0.2) is 38.3 Å². The van der Waals surface area contributed by atoms with Crippen LogP contribution in [0.5, 0.6) is 5.75 Å². The summed E-state index contributed by atoms with van der Waals surface area (Å²) in [5, 5.41) is 6.01. The van der Waals surface area contributed by atoms with Gasteiger partial charge in [-0.05, 0) is 18.1 Å². The van der Waals surface area contributed by atoms with Gasteiger partial charge in [-0.1, -0.05) is 13.8 Å². The van der Waals surface area contributed by atoms with Gasteiger partial charge in [0.1, 0.15) is 17.2 Å². The van der Waals surface area contributed by atoms with Crippen molar-refractivity contribution in [3.05, 3.63) is 36.0 Å². The highest BCUT2D eigenvalue weighted by Crippen LogP contribution is 2.39. The third-order valence-electron chi connectivity index (χ3n) is 4.51. The molecule has 11 heteroatoms. The number of halogens is 3. The first kappa shape index (κ1) is 22.7. The Bertz CT molecular complexity index is 1200. The molecule has 0 spiro atoms. The lowest BCUT2D eigenvalue weighted by molar-refractivity contribution is -0.136. The van der Waals surface area contributed by atoms with Gasteiger partial charge in [0.05, 0.1) is 28.6 Å². The molecule has 0 amide bonds. The van der Waals surface area contributed by atoms with E-state index in [1.165, 1.54) is 31.4 Å². The highest BCUT2D eigenvalue weighted by atomic mass is 32.2. The van der Waals surface area contributed by atoms with Crippen LogP contribution in [0.2, 0.25) is 0 Å². The topological polar surface area (TPSA) is 96.1 Å². The monoisotopic (exact) mass is 456 g/mol. The Kier molecular flexibility index (Phi) is 6.08. The molecule has 0 saturated carbocycles. The van der Waals surface area contributed by atoms with Gasteiger partial charge < -0.3 is 20.4 Å². The molecule has 7 nitrogen and oxygen atoms in total. The Balaban J connectivity index is 2.07. The summed E-state index contributed by atoms with van der Waals surface area (Å²) in [5.74, 6) is 0.722. The van der Waals surface area contributed by atoms with Crippen LogP contribution >= 0.6 is 0 Å². The summed E-state index contributed by atoms with van der Waals surface area (Å²) in [7, 11) is -2.04. The number of rotatable bonds is 7. The van der Waals surface area contributed by atoms with Gasteiger partial charge in [0.15, 0.2) is 9.84 Å². The van der Waals surface area contributed by atoms with E-state index in [0.29, 0.717) is 12.2 Å². The summed E-state index contributed by atoms with van der Waals surface area (Å²) in [6, 6.07) is 5.77. The number of sulfone groups is 1. The molecule has 2 aromatic heterocycles. The van der Waals surface area contributed by atoms with E-state index in [2.05, 4.69) is 20.6 Å². The third kappa shape index (κ3) is 5.04. The van der Waals surface area contributed by atoms with Crippen molar-refractivity contribution in [2.24, 2.45) is 5.92 Å². The highest BCUT2D eigenvalue weighted by molar-refractivity contribution is 7.90. The number of hydrogen-bond acceptors (Lipinski definition) is 6. The predicted octanol–water partition coefficient (Wildman–Crippen LogP) is 4.81. The summed E-state index contributed by atoms with van der Waals surface area (Å²) in [6.45, 7) is 4.36. The molecule has 0 aliphatic carbocycles. The fourth-order valence-corrected chi connectivity index (χ4v) is 3.66. The van der Waals surface area contributed by atoms with Gasteiger partial charge in [0.25, 0.3) is 0 Å². The van der Waals surface area contributed by atoms with E-state index < -0.39 is 21.6 Å². The van der Waals surface area contributed by atoms with E-state index in [1.807, 2.05) is 13.8 Å². The molecule has 2 heterocycles. The van der Waals surface area contributed by atoms with Crippen LogP contribution in [0.1, 0.15) is 19.4 Å². The Morgan fingerprint density at radius 3 is 2.48 bits per heavy atom. The molecule has 0 aliphatic heterocycles. The first-order valence-electron chi connectivity index (χ1n) is 9.38. The average molecular weight is 456 g/mol. The van der Waals surface area contributed by atoms with Crippen LogP contribution in [0.25, 0.3) is 11.0 Å². The van der Waals surface area contributed by atoms with E-state index >= 15 is 0 Å². The van der Waals surface area contributed by atoms with Crippen molar-refractivity contribution >= 4 is 38.1 Å². The Labute approximate surface area is 177 Å². The van der Waals surface area contributed by atoms with Gasteiger partial charge in [-0.2, -0.15) is 13.2 Å². The first-order valence-corrected chi connectivity index (χ1v) is 11.3. The minimum atomic E-state index is -4.53. The number of hydrogen-bond donors (Lipinski definition) is 3. The molecule has 0 fully saturated rings. The first-order chi connectivity index (χ1) is 14.4. The number of anilines is 3. The summed E-state index contributed by atoms with van der Waals surface area (Å²) in [4.78, 5) is 6.92. The molecule has 0 unspecified atom stereocenters. The zero-order valence-electron chi connectivity index (χ0n) is 17.4. The van der Waals surface area contributed by atoms with Gasteiger partial charge in [-0.25, -0.2) is 13.4 Å². The summed E-state index contributed by atoms with van der Waals surface area (Å²) in [5.41, 5.74) is -0.0427. The lowest BCUT2D eigenvalue weighted by Crippen LogP contribution is -2.11. The number of methoxy groups -OCH3 is 1. The molecule has 168 valence electrons. The quantitative estimate of drug-likeness (QED) is 0.472. The van der Waals surface area contributed by atoms with Gasteiger partial charge in [-0.15, -0.1) is 0 Å². The molecule has 0 radical (unpaired) electrons. The van der Waals surface area contributed by atoms with E-state index in [9.17, 15) is 21.6 Å². The molecule has 0 atom stereocenters. The molecular formula is C20H23F3N4O3S. The fraction of sp³-hybridized carbons (Fsp3) is 0.350. The minimum Gasteiger partial charge on any atom is -0.495 e. The number of nitrogens with one attached hydrogen (secondary N) is 3. The lowest BCUT2D eigenvalue weighted by Gasteiger charge is -2.16. The van der Waals surface area contributed by atoms with Crippen molar-refractivity contribution in [2.75, 3.05) is 30.5 Å². The number of H-pyrrole nitrogens is 1. The Morgan fingerprint density at radius 1 is 1.19 bits per heavy atom. The number of aromatic amines is 1. The molecular weight excluding hydrogens is 433 g/mol. The van der Waals surface area contributed by atoms with Crippen LogP contribution in [0.4, 0.5) is 30.4 Å². The lowest BCUT2D eigenvalue weighted by atomic mass is 10.1. The van der Waals surface area contributed by atoms with Crippen LogP contribution in [0, 0.1) is 5.92 Å². The number of benzene rings is 1. The van der Waals surface area contributed by atoms with Gasteiger partial charge >= 0.3 is 6.18 Å². The SMILES string of the molecule is COc1cc(S(C)(=O)=O)ccc1Nc1cc(NCC(C)C)c2c(C(F)(F)F)c[nH]c2n1. The van der Waals surface area contributed by atoms with Gasteiger partial charge in [0.2, 0.25) is 0 Å².